The van der Waals surface area contributed by atoms with Crippen LogP contribution in [-0.2, 0) is 0 Å². The van der Waals surface area contributed by atoms with Gasteiger partial charge in [0.15, 0.2) is 0 Å². The minimum atomic E-state index is 0.0318. The molecular weight excluding hydrogens is 350 g/mol. The Balaban J connectivity index is 1.73. The normalized spacial score (nSPS) is 14.6. The van der Waals surface area contributed by atoms with E-state index >= 15 is 0 Å². The molecular formula is C20H20ClN3O2. The van der Waals surface area contributed by atoms with Crippen molar-refractivity contribution in [2.24, 2.45) is 0 Å². The zero-order valence-electron chi connectivity index (χ0n) is 14.6. The van der Waals surface area contributed by atoms with Crippen LogP contribution in [0.3, 0.4) is 0 Å². The Kier molecular flexibility index (Phi) is 4.55. The van der Waals surface area contributed by atoms with Gasteiger partial charge in [-0.1, -0.05) is 17.7 Å². The van der Waals surface area contributed by atoms with Gasteiger partial charge in [-0.2, -0.15) is 0 Å². The van der Waals surface area contributed by atoms with E-state index in [1.807, 2.05) is 46.0 Å². The molecule has 1 saturated heterocycles. The zero-order valence-corrected chi connectivity index (χ0v) is 15.4. The van der Waals surface area contributed by atoms with Crippen molar-refractivity contribution in [3.8, 4) is 11.4 Å². The summed E-state index contributed by atoms with van der Waals surface area (Å²) in [6.07, 6.45) is 6.79. The number of rotatable bonds is 3. The van der Waals surface area contributed by atoms with Gasteiger partial charge in [0.25, 0.3) is 5.91 Å². The number of carbonyl (C=O) groups is 1. The third-order valence-corrected chi connectivity index (χ3v) is 5.12. The lowest BCUT2D eigenvalue weighted by molar-refractivity contribution is 0.0724. The molecule has 4 rings (SSSR count). The van der Waals surface area contributed by atoms with E-state index in [2.05, 4.69) is 4.98 Å². The van der Waals surface area contributed by atoms with Crippen molar-refractivity contribution in [1.82, 2.24) is 14.5 Å². The number of benzene rings is 1. The molecule has 0 saturated carbocycles. The average Bonchev–Trinajstić information content (AvgIpc) is 3.04. The van der Waals surface area contributed by atoms with Gasteiger partial charge in [0.05, 0.1) is 23.4 Å². The lowest BCUT2D eigenvalue weighted by Gasteiger charge is -2.26. The van der Waals surface area contributed by atoms with Crippen molar-refractivity contribution < 1.29 is 9.53 Å². The first kappa shape index (κ1) is 16.9. The van der Waals surface area contributed by atoms with Crippen molar-refractivity contribution >= 4 is 28.5 Å². The molecule has 2 aromatic heterocycles. The Bertz CT molecular complexity index is 961. The fourth-order valence-electron chi connectivity index (χ4n) is 3.42. The molecule has 6 heteroatoms. The average molecular weight is 370 g/mol. The molecule has 0 N–H and O–H groups in total. The maximum absolute atomic E-state index is 12.7. The molecule has 5 nitrogen and oxygen atoms in total. The highest BCUT2D eigenvalue weighted by Crippen LogP contribution is 2.29. The van der Waals surface area contributed by atoms with E-state index in [9.17, 15) is 4.79 Å². The minimum absolute atomic E-state index is 0.0318. The van der Waals surface area contributed by atoms with Crippen molar-refractivity contribution in [2.45, 2.75) is 19.3 Å². The summed E-state index contributed by atoms with van der Waals surface area (Å²) >= 11 is 6.45. The number of methoxy groups -OCH3 is 1. The predicted octanol–water partition coefficient (Wildman–Crippen LogP) is 4.31. The Morgan fingerprint density at radius 3 is 2.77 bits per heavy atom. The van der Waals surface area contributed by atoms with Gasteiger partial charge in [-0.25, -0.2) is 4.98 Å². The number of nitrogens with zero attached hydrogens (tertiary/aromatic N) is 3. The zero-order chi connectivity index (χ0) is 18.1. The van der Waals surface area contributed by atoms with Crippen LogP contribution in [0.15, 0.2) is 42.7 Å². The van der Waals surface area contributed by atoms with Crippen molar-refractivity contribution in [2.75, 3.05) is 20.2 Å². The van der Waals surface area contributed by atoms with Gasteiger partial charge < -0.3 is 9.64 Å². The van der Waals surface area contributed by atoms with Gasteiger partial charge in [0.2, 0.25) is 0 Å². The molecule has 1 aliphatic heterocycles. The van der Waals surface area contributed by atoms with E-state index in [1.165, 1.54) is 6.42 Å². The second kappa shape index (κ2) is 7.00. The molecule has 26 heavy (non-hydrogen) atoms. The maximum Gasteiger partial charge on any atom is 0.255 e. The maximum atomic E-state index is 12.7. The number of amides is 1. The van der Waals surface area contributed by atoms with E-state index < -0.39 is 0 Å². The first-order valence-corrected chi connectivity index (χ1v) is 9.15. The van der Waals surface area contributed by atoms with Gasteiger partial charge in [0, 0.05) is 36.9 Å². The number of aromatic nitrogens is 2. The number of fused-ring (bicyclic) bond motifs is 1. The van der Waals surface area contributed by atoms with Gasteiger partial charge in [-0.05, 0) is 37.5 Å². The fraction of sp³-hybridized carbons (Fsp3) is 0.300. The molecule has 1 amide bonds. The van der Waals surface area contributed by atoms with Crippen LogP contribution in [0.5, 0.6) is 5.75 Å². The van der Waals surface area contributed by atoms with Crippen LogP contribution in [0.2, 0.25) is 5.02 Å². The topological polar surface area (TPSA) is 47.4 Å². The summed E-state index contributed by atoms with van der Waals surface area (Å²) in [5, 5.41) is 1.35. The Hall–Kier alpha value is -2.53. The molecule has 0 aliphatic carbocycles. The third-order valence-electron chi connectivity index (χ3n) is 4.82. The van der Waals surface area contributed by atoms with Crippen LogP contribution in [0.4, 0.5) is 0 Å². The number of likely N-dealkylation sites (tertiary alicyclic amines) is 1. The molecule has 0 spiro atoms. The number of carbonyl (C=O) groups excluding carboxylic acids is 1. The number of piperidine rings is 1. The van der Waals surface area contributed by atoms with E-state index in [0.717, 1.165) is 48.4 Å². The molecule has 3 aromatic rings. The lowest BCUT2D eigenvalue weighted by atomic mass is 10.1. The third kappa shape index (κ3) is 3.03. The lowest BCUT2D eigenvalue weighted by Crippen LogP contribution is -2.35. The molecule has 1 fully saturated rings. The monoisotopic (exact) mass is 369 g/mol. The van der Waals surface area contributed by atoms with E-state index in [1.54, 1.807) is 13.3 Å². The van der Waals surface area contributed by atoms with E-state index in [4.69, 9.17) is 16.3 Å². The Morgan fingerprint density at radius 2 is 2.00 bits per heavy atom. The predicted molar refractivity (Wildman–Crippen MR) is 102 cm³/mol. The molecule has 1 aromatic carbocycles. The highest BCUT2D eigenvalue weighted by Gasteiger charge is 2.20. The van der Waals surface area contributed by atoms with Gasteiger partial charge >= 0.3 is 0 Å². The molecule has 0 radical (unpaired) electrons. The highest BCUT2D eigenvalue weighted by atomic mass is 35.5. The molecule has 0 atom stereocenters. The minimum Gasteiger partial charge on any atom is -0.497 e. The van der Waals surface area contributed by atoms with Crippen LogP contribution in [0.1, 0.15) is 29.6 Å². The largest absolute Gasteiger partial charge is 0.497 e. The summed E-state index contributed by atoms with van der Waals surface area (Å²) in [5.41, 5.74) is 2.21. The summed E-state index contributed by atoms with van der Waals surface area (Å²) in [7, 11) is 1.64. The van der Waals surface area contributed by atoms with Gasteiger partial charge in [-0.3, -0.25) is 9.36 Å². The number of halogens is 1. The summed E-state index contributed by atoms with van der Waals surface area (Å²) in [6, 6.07) is 9.54. The number of hydrogen-bond donors (Lipinski definition) is 0. The number of pyridine rings is 1. The van der Waals surface area contributed by atoms with Crippen LogP contribution in [0.25, 0.3) is 16.7 Å². The van der Waals surface area contributed by atoms with E-state index in [-0.39, 0.29) is 5.91 Å². The van der Waals surface area contributed by atoms with Crippen LogP contribution >= 0.6 is 11.6 Å². The second-order valence-electron chi connectivity index (χ2n) is 6.50. The summed E-state index contributed by atoms with van der Waals surface area (Å²) < 4.78 is 7.21. The highest BCUT2D eigenvalue weighted by molar-refractivity contribution is 6.35. The first-order valence-electron chi connectivity index (χ1n) is 8.77. The molecule has 3 heterocycles. The summed E-state index contributed by atoms with van der Waals surface area (Å²) in [5.74, 6) is 0.793. The SMILES string of the molecule is COc1cccc(-n2cc(Cl)c3cc(C(=O)N4CCCCC4)cnc32)c1. The van der Waals surface area contributed by atoms with Crippen LogP contribution < -0.4 is 4.74 Å². The van der Waals surface area contributed by atoms with E-state index in [0.29, 0.717) is 10.6 Å². The standard InChI is InChI=1S/C20H20ClN3O2/c1-26-16-7-5-6-15(11-16)24-13-18(21)17-10-14(12-22-19(17)24)20(25)23-8-3-2-4-9-23/h5-7,10-13H,2-4,8-9H2,1H3. The summed E-state index contributed by atoms with van der Waals surface area (Å²) in [6.45, 7) is 1.63. The van der Waals surface area contributed by atoms with Crippen molar-refractivity contribution in [1.29, 1.82) is 0 Å². The smallest absolute Gasteiger partial charge is 0.255 e. The summed E-state index contributed by atoms with van der Waals surface area (Å²) in [4.78, 5) is 19.2. The number of hydrogen-bond acceptors (Lipinski definition) is 3. The van der Waals surface area contributed by atoms with Crippen LogP contribution in [-0.4, -0.2) is 40.6 Å². The van der Waals surface area contributed by atoms with Crippen molar-refractivity contribution in [3.05, 3.63) is 53.3 Å². The molecule has 0 bridgehead atoms. The molecule has 1 aliphatic rings. The quantitative estimate of drug-likeness (QED) is 0.691. The van der Waals surface area contributed by atoms with Gasteiger partial charge in [-0.15, -0.1) is 0 Å². The van der Waals surface area contributed by atoms with Gasteiger partial charge in [0.1, 0.15) is 11.4 Å². The molecule has 0 unspecified atom stereocenters. The Labute approximate surface area is 157 Å². The first-order chi connectivity index (χ1) is 12.7. The second-order valence-corrected chi connectivity index (χ2v) is 6.90. The number of ether oxygens (including phenoxy) is 1. The van der Waals surface area contributed by atoms with Crippen molar-refractivity contribution in [3.63, 3.8) is 0 Å². The molecule has 134 valence electrons. The fourth-order valence-corrected chi connectivity index (χ4v) is 3.66. The Morgan fingerprint density at radius 1 is 1.19 bits per heavy atom. The van der Waals surface area contributed by atoms with Crippen LogP contribution in [0, 0.1) is 0 Å².